The summed E-state index contributed by atoms with van der Waals surface area (Å²) in [5.41, 5.74) is 0.273. The molecule has 1 aliphatic rings. The molecule has 1 aliphatic heterocycles. The molecule has 0 aromatic heterocycles. The molecule has 2 aromatic rings. The highest BCUT2D eigenvalue weighted by Gasteiger charge is 2.43. The molecule has 13 heteroatoms. The van der Waals surface area contributed by atoms with Gasteiger partial charge in [-0.15, -0.1) is 0 Å². The minimum absolute atomic E-state index is 0.0134. The molecule has 0 aliphatic carbocycles. The van der Waals surface area contributed by atoms with Crippen LogP contribution in [-0.4, -0.2) is 43.8 Å². The van der Waals surface area contributed by atoms with Crippen LogP contribution in [0.1, 0.15) is 23.6 Å². The second-order valence-electron chi connectivity index (χ2n) is 7.95. The molecule has 186 valence electrons. The first-order valence-corrected chi connectivity index (χ1v) is 11.7. The summed E-state index contributed by atoms with van der Waals surface area (Å²) in [6.07, 6.45) is -4.56. The van der Waals surface area contributed by atoms with Gasteiger partial charge in [0.1, 0.15) is 6.54 Å². The lowest BCUT2D eigenvalue weighted by atomic mass is 10.1. The number of alkyl halides is 3. The molecule has 1 heterocycles. The number of aliphatic imine (C=N–C) groups is 1. The van der Waals surface area contributed by atoms with Crippen molar-refractivity contribution >= 4 is 45.0 Å². The topological polar surface area (TPSA) is 125 Å². The van der Waals surface area contributed by atoms with Gasteiger partial charge >= 0.3 is 12.2 Å². The number of rotatable bonds is 6. The second kappa shape index (κ2) is 9.49. The number of hydrogen-bond acceptors (Lipinski definition) is 5. The van der Waals surface area contributed by atoms with Crippen LogP contribution in [0.3, 0.4) is 0 Å². The summed E-state index contributed by atoms with van der Waals surface area (Å²) >= 11 is 0. The van der Waals surface area contributed by atoms with Crippen molar-refractivity contribution in [1.29, 1.82) is 0 Å². The first kappa shape index (κ1) is 25.9. The highest BCUT2D eigenvalue weighted by Crippen LogP contribution is 2.30. The van der Waals surface area contributed by atoms with E-state index < -0.39 is 51.4 Å². The lowest BCUT2D eigenvalue weighted by Gasteiger charge is -2.29. The second-order valence-corrected chi connectivity index (χ2v) is 9.89. The number of anilines is 2. The van der Waals surface area contributed by atoms with Crippen LogP contribution in [0.5, 0.6) is 0 Å². The maximum atomic E-state index is 13.5. The van der Waals surface area contributed by atoms with E-state index >= 15 is 0 Å². The number of urea groups is 1. The number of hydrogen-bond donors (Lipinski definition) is 2. The average Bonchev–Trinajstić information content (AvgIpc) is 2.70. The zero-order valence-corrected chi connectivity index (χ0v) is 19.6. The molecule has 35 heavy (non-hydrogen) atoms. The zero-order valence-electron chi connectivity index (χ0n) is 18.8. The van der Waals surface area contributed by atoms with E-state index in [1.807, 2.05) is 5.32 Å². The van der Waals surface area contributed by atoms with Crippen LogP contribution in [0.4, 0.5) is 29.3 Å². The molecular formula is C22H21F3N4O5S. The zero-order chi connectivity index (χ0) is 26.1. The Labute approximate surface area is 199 Å². The van der Waals surface area contributed by atoms with Crippen molar-refractivity contribution in [2.24, 2.45) is 4.99 Å². The average molecular weight is 510 g/mol. The van der Waals surface area contributed by atoms with Crippen molar-refractivity contribution in [3.63, 3.8) is 0 Å². The van der Waals surface area contributed by atoms with Crippen molar-refractivity contribution in [1.82, 2.24) is 5.32 Å². The van der Waals surface area contributed by atoms with E-state index in [1.54, 1.807) is 19.9 Å². The van der Waals surface area contributed by atoms with E-state index in [1.165, 1.54) is 19.1 Å². The predicted molar refractivity (Wildman–Crippen MR) is 123 cm³/mol. The van der Waals surface area contributed by atoms with Gasteiger partial charge in [-0.1, -0.05) is 6.07 Å². The minimum Gasteiger partial charge on any atom is -0.325 e. The minimum atomic E-state index is -4.62. The lowest BCUT2D eigenvalue weighted by Crippen LogP contribution is -2.55. The third-order valence-electron chi connectivity index (χ3n) is 5.01. The molecule has 1 unspecified atom stereocenters. The van der Waals surface area contributed by atoms with E-state index in [0.717, 1.165) is 24.3 Å². The number of nitrogens with one attached hydrogen (secondary N) is 2. The van der Waals surface area contributed by atoms with Crippen LogP contribution in [0, 0.1) is 13.8 Å². The van der Waals surface area contributed by atoms with Gasteiger partial charge in [0.05, 0.1) is 17.0 Å². The fourth-order valence-corrected chi connectivity index (χ4v) is 5.35. The molecule has 0 saturated carbocycles. The molecule has 0 bridgehead atoms. The van der Waals surface area contributed by atoms with E-state index in [9.17, 15) is 36.0 Å². The summed E-state index contributed by atoms with van der Waals surface area (Å²) in [4.78, 5) is 40.2. The molecule has 9 nitrogen and oxygen atoms in total. The predicted octanol–water partition coefficient (Wildman–Crippen LogP) is 3.18. The number of carbonyl (C=O) groups excluding carboxylic acids is 3. The smallest absolute Gasteiger partial charge is 0.325 e. The number of halogens is 3. The SMILES string of the molecule is CC1=NC(=O)NC(=O)C1S(=O)(=O)N(CC(=O)Nc1ccc(C(F)(F)F)cc1)c1cc(C)cc(C)c1. The molecule has 2 N–H and O–H groups in total. The highest BCUT2D eigenvalue weighted by atomic mass is 32.2. The molecule has 0 radical (unpaired) electrons. The van der Waals surface area contributed by atoms with Crippen LogP contribution in [0.15, 0.2) is 47.5 Å². The summed E-state index contributed by atoms with van der Waals surface area (Å²) in [7, 11) is -4.62. The number of imide groups is 1. The Balaban J connectivity index is 1.96. The van der Waals surface area contributed by atoms with E-state index in [2.05, 4.69) is 10.3 Å². The molecule has 2 aromatic carbocycles. The van der Waals surface area contributed by atoms with Gasteiger partial charge in [0.15, 0.2) is 5.25 Å². The molecule has 0 saturated heterocycles. The van der Waals surface area contributed by atoms with Crippen molar-refractivity contribution in [3.8, 4) is 0 Å². The number of nitrogens with zero attached hydrogens (tertiary/aromatic N) is 2. The van der Waals surface area contributed by atoms with Crippen LogP contribution in [0.25, 0.3) is 0 Å². The summed E-state index contributed by atoms with van der Waals surface area (Å²) < 4.78 is 66.1. The number of benzene rings is 2. The van der Waals surface area contributed by atoms with Crippen molar-refractivity contribution in [3.05, 3.63) is 59.2 Å². The van der Waals surface area contributed by atoms with Crippen molar-refractivity contribution in [2.75, 3.05) is 16.2 Å². The summed E-state index contributed by atoms with van der Waals surface area (Å²) in [6.45, 7) is 3.84. The molecule has 1 atom stereocenters. The Bertz CT molecular complexity index is 1300. The number of sulfonamides is 1. The molecule has 4 amide bonds. The summed E-state index contributed by atoms with van der Waals surface area (Å²) in [5.74, 6) is -1.98. The Hall–Kier alpha value is -3.74. The fourth-order valence-electron chi connectivity index (χ4n) is 3.58. The Morgan fingerprint density at radius 3 is 2.14 bits per heavy atom. The number of carbonyl (C=O) groups is 3. The van der Waals surface area contributed by atoms with Crippen LogP contribution in [0.2, 0.25) is 0 Å². The largest absolute Gasteiger partial charge is 0.416 e. The fraction of sp³-hybridized carbons (Fsp3) is 0.273. The highest BCUT2D eigenvalue weighted by molar-refractivity contribution is 7.95. The molecule has 0 fully saturated rings. The first-order valence-electron chi connectivity index (χ1n) is 10.2. The Morgan fingerprint density at radius 1 is 1.06 bits per heavy atom. The maximum absolute atomic E-state index is 13.5. The first-order chi connectivity index (χ1) is 16.2. The summed E-state index contributed by atoms with van der Waals surface area (Å²) in [6, 6.07) is 7.38. The van der Waals surface area contributed by atoms with Gasteiger partial charge in [-0.2, -0.15) is 13.2 Å². The quantitative estimate of drug-likeness (QED) is 0.618. The van der Waals surface area contributed by atoms with Crippen LogP contribution in [-0.2, 0) is 25.8 Å². The normalized spacial score (nSPS) is 16.4. The van der Waals surface area contributed by atoms with Crippen LogP contribution < -0.4 is 14.9 Å². The van der Waals surface area contributed by atoms with Crippen molar-refractivity contribution < 1.29 is 36.0 Å². The van der Waals surface area contributed by atoms with Gasteiger partial charge in [-0.05, 0) is 68.3 Å². The molecule has 0 spiro atoms. The van der Waals surface area contributed by atoms with E-state index in [0.29, 0.717) is 15.4 Å². The third kappa shape index (κ3) is 5.85. The standard InChI is InChI=1S/C22H21F3N4O5S/c1-12-8-13(2)10-17(9-12)29(35(33,34)19-14(3)26-21(32)28-20(19)31)11-18(30)27-16-6-4-15(5-7-16)22(23,24)25/h4-10,19H,11H2,1-3H3,(H,27,30)(H,28,31,32). The van der Waals surface area contributed by atoms with Crippen molar-refractivity contribution in [2.45, 2.75) is 32.2 Å². The van der Waals surface area contributed by atoms with Gasteiger partial charge < -0.3 is 5.32 Å². The van der Waals surface area contributed by atoms with Gasteiger partial charge in [-0.25, -0.2) is 18.2 Å². The molecule has 3 rings (SSSR count). The van der Waals surface area contributed by atoms with E-state index in [4.69, 9.17) is 0 Å². The number of amides is 4. The molecular weight excluding hydrogens is 489 g/mol. The maximum Gasteiger partial charge on any atom is 0.416 e. The van der Waals surface area contributed by atoms with Gasteiger partial charge in [0.2, 0.25) is 5.91 Å². The third-order valence-corrected chi connectivity index (χ3v) is 7.11. The van der Waals surface area contributed by atoms with Gasteiger partial charge in [-0.3, -0.25) is 19.2 Å². The Morgan fingerprint density at radius 2 is 1.63 bits per heavy atom. The lowest BCUT2D eigenvalue weighted by molar-refractivity contribution is -0.137. The summed E-state index contributed by atoms with van der Waals surface area (Å²) in [5, 5.41) is 2.34. The monoisotopic (exact) mass is 510 g/mol. The van der Waals surface area contributed by atoms with Gasteiger partial charge in [0.25, 0.3) is 15.9 Å². The Kier molecular flexibility index (Phi) is 7.01. The van der Waals surface area contributed by atoms with Gasteiger partial charge in [0, 0.05) is 5.69 Å². The number of aryl methyl sites for hydroxylation is 2. The van der Waals surface area contributed by atoms with Crippen LogP contribution >= 0.6 is 0 Å². The van der Waals surface area contributed by atoms with E-state index in [-0.39, 0.29) is 17.1 Å².